The molecule has 1 aromatic carbocycles. The van der Waals surface area contributed by atoms with Crippen LogP contribution in [0.2, 0.25) is 0 Å². The highest BCUT2D eigenvalue weighted by Crippen LogP contribution is 2.32. The Labute approximate surface area is 261 Å². The number of nitrogens with one attached hydrogen (secondary N) is 2. The van der Waals surface area contributed by atoms with E-state index in [-0.39, 0.29) is 35.7 Å². The van der Waals surface area contributed by atoms with Crippen molar-refractivity contribution < 1.29 is 19.2 Å². The van der Waals surface area contributed by atoms with Crippen LogP contribution in [0.5, 0.6) is 0 Å². The molecule has 6 fully saturated rings. The maximum atomic E-state index is 13.7. The molecule has 6 saturated heterocycles. The summed E-state index contributed by atoms with van der Waals surface area (Å²) in [5.41, 5.74) is 0.545. The Morgan fingerprint density at radius 1 is 0.841 bits per heavy atom. The fourth-order valence-electron chi connectivity index (χ4n) is 8.44. The minimum Gasteiger partial charge on any atom is -0.354 e. The van der Waals surface area contributed by atoms with E-state index in [0.29, 0.717) is 55.4 Å². The van der Waals surface area contributed by atoms with Crippen LogP contribution in [0, 0.1) is 11.8 Å². The maximum Gasteiger partial charge on any atom is 0.254 e. The Bertz CT molecular complexity index is 1200. The number of benzene rings is 1. The molecule has 2 N–H and O–H groups in total. The summed E-state index contributed by atoms with van der Waals surface area (Å²) in [6, 6.07) is 8.69. The van der Waals surface area contributed by atoms with Crippen molar-refractivity contribution in [1.29, 1.82) is 0 Å². The van der Waals surface area contributed by atoms with E-state index in [9.17, 15) is 19.2 Å². The number of amides is 4. The molecule has 1 aromatic rings. The van der Waals surface area contributed by atoms with Crippen molar-refractivity contribution in [2.45, 2.75) is 95.4 Å². The first-order chi connectivity index (χ1) is 21.3. The van der Waals surface area contributed by atoms with E-state index in [1.807, 2.05) is 18.2 Å². The van der Waals surface area contributed by atoms with E-state index in [1.165, 1.54) is 0 Å². The minimum atomic E-state index is -0.644. The molecule has 6 aliphatic rings. The molecule has 0 saturated carbocycles. The molecule has 6 heterocycles. The number of rotatable bonds is 2. The second-order valence-electron chi connectivity index (χ2n) is 14.0. The van der Waals surface area contributed by atoms with E-state index in [2.05, 4.69) is 39.2 Å². The maximum absolute atomic E-state index is 13.7. The first-order valence-electron chi connectivity index (χ1n) is 17.0. The van der Waals surface area contributed by atoms with Crippen molar-refractivity contribution in [3.8, 4) is 0 Å². The monoisotopic (exact) mass is 606 g/mol. The van der Waals surface area contributed by atoms with E-state index < -0.39 is 6.04 Å². The smallest absolute Gasteiger partial charge is 0.254 e. The second-order valence-corrected chi connectivity index (χ2v) is 14.0. The van der Waals surface area contributed by atoms with Gasteiger partial charge in [0.15, 0.2) is 0 Å². The molecule has 240 valence electrons. The molecule has 4 bridgehead atoms. The number of carbonyl (C=O) groups excluding carboxylic acids is 4. The molecule has 6 aliphatic heterocycles. The predicted molar refractivity (Wildman–Crippen MR) is 168 cm³/mol. The zero-order valence-electron chi connectivity index (χ0n) is 26.5. The number of nitrogens with zero attached hydrogens (tertiary/aromatic N) is 4. The summed E-state index contributed by atoms with van der Waals surface area (Å²) in [7, 11) is 0. The minimum absolute atomic E-state index is 0.00382. The fraction of sp³-hybridized carbons (Fsp3) is 0.706. The van der Waals surface area contributed by atoms with Gasteiger partial charge in [0.1, 0.15) is 6.04 Å². The van der Waals surface area contributed by atoms with Crippen molar-refractivity contribution in [3.63, 3.8) is 0 Å². The van der Waals surface area contributed by atoms with Crippen LogP contribution in [0.3, 0.4) is 0 Å². The molecule has 0 aromatic heterocycles. The summed E-state index contributed by atoms with van der Waals surface area (Å²) in [4.78, 5) is 63.1. The van der Waals surface area contributed by atoms with Gasteiger partial charge >= 0.3 is 0 Å². The van der Waals surface area contributed by atoms with Crippen LogP contribution in [0.1, 0.15) is 75.6 Å². The topological polar surface area (TPSA) is 105 Å². The van der Waals surface area contributed by atoms with Crippen LogP contribution in [-0.4, -0.2) is 119 Å². The quantitative estimate of drug-likeness (QED) is 0.535. The highest BCUT2D eigenvalue weighted by molar-refractivity contribution is 5.98. The number of likely N-dealkylation sites (tertiary alicyclic amines) is 2. The number of fused-ring (bicyclic) bond motifs is 7. The summed E-state index contributed by atoms with van der Waals surface area (Å²) < 4.78 is 0. The lowest BCUT2D eigenvalue weighted by molar-refractivity contribution is -0.136. The van der Waals surface area contributed by atoms with Crippen molar-refractivity contribution in [2.24, 2.45) is 11.8 Å². The standard InChI is InChI=1S/C34H50N6O4/c1-23(2)38-16-11-25-19-31(41)37-17-12-28(13-18-37)39-15-6-9-29(39)33(43)36-27-20-30(32(42)35-14-10-26(25)21-38)40(22-27)34(44)24-7-4-3-5-8-24/h3-5,7-8,23,25-30H,6,9-22H2,1-2H3,(H,35,42)(H,36,43)/t25-,26-,27-,29-,30-/m0/s1. The van der Waals surface area contributed by atoms with Gasteiger partial charge < -0.3 is 25.3 Å². The van der Waals surface area contributed by atoms with Gasteiger partial charge in [-0.3, -0.25) is 24.1 Å². The summed E-state index contributed by atoms with van der Waals surface area (Å²) in [6.45, 7) is 9.59. The van der Waals surface area contributed by atoms with Crippen LogP contribution in [0.25, 0.3) is 0 Å². The zero-order chi connectivity index (χ0) is 30.8. The van der Waals surface area contributed by atoms with Gasteiger partial charge in [0, 0.05) is 62.8 Å². The van der Waals surface area contributed by atoms with Crippen LogP contribution >= 0.6 is 0 Å². The van der Waals surface area contributed by atoms with Gasteiger partial charge in [-0.1, -0.05) is 18.2 Å². The van der Waals surface area contributed by atoms with Crippen molar-refractivity contribution in [3.05, 3.63) is 35.9 Å². The molecule has 4 amide bonds. The van der Waals surface area contributed by atoms with Crippen LogP contribution in [0.4, 0.5) is 0 Å². The van der Waals surface area contributed by atoms with Gasteiger partial charge in [0.05, 0.1) is 6.04 Å². The number of hydrogen-bond donors (Lipinski definition) is 2. The number of carbonyl (C=O) groups is 4. The molecule has 0 radical (unpaired) electrons. The van der Waals surface area contributed by atoms with Gasteiger partial charge in [-0.25, -0.2) is 0 Å². The van der Waals surface area contributed by atoms with E-state index in [4.69, 9.17) is 0 Å². The van der Waals surface area contributed by atoms with Crippen molar-refractivity contribution in [2.75, 3.05) is 45.8 Å². The molecule has 0 spiro atoms. The molecule has 10 heteroatoms. The Morgan fingerprint density at radius 3 is 2.36 bits per heavy atom. The van der Waals surface area contributed by atoms with Crippen LogP contribution in [0.15, 0.2) is 30.3 Å². The molecule has 7 rings (SSSR count). The summed E-state index contributed by atoms with van der Waals surface area (Å²) in [6.07, 6.45) is 6.34. The second kappa shape index (κ2) is 13.6. The number of hydrogen-bond acceptors (Lipinski definition) is 6. The lowest BCUT2D eigenvalue weighted by atomic mass is 9.80. The number of piperidine rings is 2. The van der Waals surface area contributed by atoms with Crippen molar-refractivity contribution in [1.82, 2.24) is 30.2 Å². The molecule has 10 nitrogen and oxygen atoms in total. The average molecular weight is 607 g/mol. The lowest BCUT2D eigenvalue weighted by Crippen LogP contribution is -2.54. The highest BCUT2D eigenvalue weighted by atomic mass is 16.2. The van der Waals surface area contributed by atoms with E-state index in [1.54, 1.807) is 17.0 Å². The molecule has 5 atom stereocenters. The van der Waals surface area contributed by atoms with Crippen molar-refractivity contribution >= 4 is 23.6 Å². The van der Waals surface area contributed by atoms with E-state index in [0.717, 1.165) is 71.2 Å². The zero-order valence-corrected chi connectivity index (χ0v) is 26.5. The third kappa shape index (κ3) is 6.66. The molecule has 0 aliphatic carbocycles. The third-order valence-corrected chi connectivity index (χ3v) is 11.0. The Kier molecular flexibility index (Phi) is 9.56. The first-order valence-corrected chi connectivity index (χ1v) is 17.0. The normalized spacial score (nSPS) is 32.8. The van der Waals surface area contributed by atoms with E-state index >= 15 is 0 Å². The van der Waals surface area contributed by atoms with Gasteiger partial charge in [0.25, 0.3) is 5.91 Å². The summed E-state index contributed by atoms with van der Waals surface area (Å²) >= 11 is 0. The highest BCUT2D eigenvalue weighted by Gasteiger charge is 2.43. The van der Waals surface area contributed by atoms with Gasteiger partial charge in [-0.05, 0) is 95.9 Å². The SMILES string of the molecule is CC(C)N1CC[C@H]2CC(=O)N3CCC(CC3)N3CCC[C@H]3C(=O)N[C@H]3C[C@@H](C(=O)NCC[C@H]2C1)N(C(=O)c1ccccc1)C3. The molecular weight excluding hydrogens is 556 g/mol. The van der Waals surface area contributed by atoms with Gasteiger partial charge in [-0.15, -0.1) is 0 Å². The Morgan fingerprint density at radius 2 is 1.61 bits per heavy atom. The third-order valence-electron chi connectivity index (χ3n) is 11.0. The molecule has 0 unspecified atom stereocenters. The largest absolute Gasteiger partial charge is 0.354 e. The van der Waals surface area contributed by atoms with Crippen LogP contribution in [-0.2, 0) is 14.4 Å². The predicted octanol–water partition coefficient (Wildman–Crippen LogP) is 2.10. The fourth-order valence-corrected chi connectivity index (χ4v) is 8.44. The summed E-state index contributed by atoms with van der Waals surface area (Å²) in [5, 5.41) is 6.40. The Hall–Kier alpha value is -2.98. The van der Waals surface area contributed by atoms with Gasteiger partial charge in [0.2, 0.25) is 17.7 Å². The molecular formula is C34H50N6O4. The van der Waals surface area contributed by atoms with Gasteiger partial charge in [-0.2, -0.15) is 0 Å². The molecule has 44 heavy (non-hydrogen) atoms. The lowest BCUT2D eigenvalue weighted by Gasteiger charge is -2.42. The van der Waals surface area contributed by atoms with Crippen LogP contribution < -0.4 is 10.6 Å². The Balaban J connectivity index is 1.24. The summed E-state index contributed by atoms with van der Waals surface area (Å²) in [5.74, 6) is 0.512. The first kappa shape index (κ1) is 31.0. The average Bonchev–Trinajstić information content (AvgIpc) is 3.69.